The van der Waals surface area contributed by atoms with Crippen molar-refractivity contribution in [1.29, 1.82) is 0 Å². The molecular weight excluding hydrogens is 294 g/mol. The first-order valence-electron chi connectivity index (χ1n) is 7.67. The molecule has 0 radical (unpaired) electrons. The summed E-state index contributed by atoms with van der Waals surface area (Å²) in [6, 6.07) is 3.96. The van der Waals surface area contributed by atoms with Gasteiger partial charge in [0.2, 0.25) is 5.82 Å². The van der Waals surface area contributed by atoms with E-state index in [2.05, 4.69) is 19.9 Å². The van der Waals surface area contributed by atoms with E-state index in [0.29, 0.717) is 19.1 Å². The Bertz CT molecular complexity index is 672. The van der Waals surface area contributed by atoms with Crippen LogP contribution >= 0.6 is 0 Å². The minimum atomic E-state index is -0.166. The van der Waals surface area contributed by atoms with Gasteiger partial charge in [0.15, 0.2) is 0 Å². The Hall–Kier alpha value is -2.57. The molecule has 23 heavy (non-hydrogen) atoms. The Balaban J connectivity index is 1.67. The predicted octanol–water partition coefficient (Wildman–Crippen LogP) is 1.57. The van der Waals surface area contributed by atoms with E-state index in [9.17, 15) is 4.79 Å². The van der Waals surface area contributed by atoms with Crippen LogP contribution in [0.5, 0.6) is 6.01 Å². The lowest BCUT2D eigenvalue weighted by Crippen LogP contribution is -2.45. The number of amides is 1. The molecule has 1 atom stereocenters. The van der Waals surface area contributed by atoms with E-state index in [-0.39, 0.29) is 17.8 Å². The van der Waals surface area contributed by atoms with Crippen molar-refractivity contribution in [2.75, 3.05) is 13.1 Å². The smallest absolute Gasteiger partial charge is 0.317 e. The predicted molar refractivity (Wildman–Crippen MR) is 83.1 cm³/mol. The molecule has 0 aliphatic carbocycles. The number of hydrogen-bond acceptors (Lipinski definition) is 6. The third-order valence-corrected chi connectivity index (χ3v) is 3.66. The number of hydrogen-bond donors (Lipinski definition) is 0. The van der Waals surface area contributed by atoms with Crippen LogP contribution in [0.4, 0.5) is 0 Å². The zero-order valence-corrected chi connectivity index (χ0v) is 13.3. The molecule has 1 fully saturated rings. The minimum Gasteiger partial charge on any atom is -0.458 e. The maximum Gasteiger partial charge on any atom is 0.317 e. The second-order valence-corrected chi connectivity index (χ2v) is 5.64. The number of rotatable bonds is 3. The molecule has 1 amide bonds. The summed E-state index contributed by atoms with van der Waals surface area (Å²) in [5, 5.41) is 0. The second kappa shape index (κ2) is 6.68. The average molecular weight is 313 g/mol. The molecular formula is C16H19N5O2. The topological polar surface area (TPSA) is 81.1 Å². The Labute approximate surface area is 134 Å². The van der Waals surface area contributed by atoms with Crippen LogP contribution in [0.15, 0.2) is 24.5 Å². The first-order chi connectivity index (χ1) is 11.1. The van der Waals surface area contributed by atoms with Gasteiger partial charge in [0.1, 0.15) is 6.10 Å². The fraction of sp³-hybridized carbons (Fsp3) is 0.438. The van der Waals surface area contributed by atoms with Crippen molar-refractivity contribution in [3.05, 3.63) is 41.7 Å². The normalized spacial score (nSPS) is 17.8. The molecule has 120 valence electrons. The van der Waals surface area contributed by atoms with Gasteiger partial charge < -0.3 is 9.64 Å². The van der Waals surface area contributed by atoms with Crippen molar-refractivity contribution in [3.8, 4) is 6.01 Å². The fourth-order valence-electron chi connectivity index (χ4n) is 2.67. The maximum absolute atomic E-state index is 12.4. The summed E-state index contributed by atoms with van der Waals surface area (Å²) < 4.78 is 5.88. The standard InChI is InChI=1S/C16H19N5O2/c1-11-9-12(2)20-16(19-11)23-13-5-3-8-21(10-13)15(22)14-17-6-4-7-18-14/h4,6-7,9,13H,3,5,8,10H2,1-2H3. The lowest BCUT2D eigenvalue weighted by Gasteiger charge is -2.31. The van der Waals surface area contributed by atoms with E-state index in [0.717, 1.165) is 24.2 Å². The van der Waals surface area contributed by atoms with Crippen molar-refractivity contribution in [2.24, 2.45) is 0 Å². The number of carbonyl (C=O) groups excluding carboxylic acids is 1. The van der Waals surface area contributed by atoms with Gasteiger partial charge in [-0.1, -0.05) is 0 Å². The van der Waals surface area contributed by atoms with Gasteiger partial charge in [-0.15, -0.1) is 0 Å². The second-order valence-electron chi connectivity index (χ2n) is 5.64. The molecule has 1 aliphatic rings. The Morgan fingerprint density at radius 1 is 1.22 bits per heavy atom. The van der Waals surface area contributed by atoms with Crippen LogP contribution in [0.1, 0.15) is 34.8 Å². The molecule has 0 N–H and O–H groups in total. The Morgan fingerprint density at radius 3 is 2.61 bits per heavy atom. The molecule has 0 saturated carbocycles. The van der Waals surface area contributed by atoms with Crippen molar-refractivity contribution >= 4 is 5.91 Å². The highest BCUT2D eigenvalue weighted by atomic mass is 16.5. The van der Waals surface area contributed by atoms with Gasteiger partial charge in [0.05, 0.1) is 6.54 Å². The van der Waals surface area contributed by atoms with Gasteiger partial charge >= 0.3 is 6.01 Å². The number of aryl methyl sites for hydroxylation is 2. The molecule has 0 bridgehead atoms. The number of ether oxygens (including phenoxy) is 1. The highest BCUT2D eigenvalue weighted by Crippen LogP contribution is 2.17. The van der Waals surface area contributed by atoms with Crippen molar-refractivity contribution in [3.63, 3.8) is 0 Å². The highest BCUT2D eigenvalue weighted by Gasteiger charge is 2.27. The molecule has 0 aromatic carbocycles. The molecule has 3 rings (SSSR count). The van der Waals surface area contributed by atoms with Gasteiger partial charge in [-0.3, -0.25) is 4.79 Å². The van der Waals surface area contributed by atoms with Gasteiger partial charge in [0, 0.05) is 30.3 Å². The van der Waals surface area contributed by atoms with Crippen LogP contribution in [0.25, 0.3) is 0 Å². The monoisotopic (exact) mass is 313 g/mol. The quantitative estimate of drug-likeness (QED) is 0.855. The zero-order chi connectivity index (χ0) is 16.2. The molecule has 2 aromatic heterocycles. The van der Waals surface area contributed by atoms with Crippen molar-refractivity contribution < 1.29 is 9.53 Å². The summed E-state index contributed by atoms with van der Waals surface area (Å²) in [5.74, 6) is 0.0519. The fourth-order valence-corrected chi connectivity index (χ4v) is 2.67. The summed E-state index contributed by atoms with van der Waals surface area (Å²) in [4.78, 5) is 30.8. The molecule has 2 aromatic rings. The van der Waals surface area contributed by atoms with Gasteiger partial charge in [-0.05, 0) is 38.8 Å². The minimum absolute atomic E-state index is 0.113. The van der Waals surface area contributed by atoms with Gasteiger partial charge in [-0.25, -0.2) is 19.9 Å². The van der Waals surface area contributed by atoms with Crippen LogP contribution in [0, 0.1) is 13.8 Å². The number of carbonyl (C=O) groups is 1. The molecule has 1 unspecified atom stereocenters. The number of piperidine rings is 1. The number of likely N-dealkylation sites (tertiary alicyclic amines) is 1. The lowest BCUT2D eigenvalue weighted by atomic mass is 10.1. The molecule has 1 saturated heterocycles. The zero-order valence-electron chi connectivity index (χ0n) is 13.3. The van der Waals surface area contributed by atoms with E-state index in [1.807, 2.05) is 19.9 Å². The summed E-state index contributed by atoms with van der Waals surface area (Å²) in [7, 11) is 0. The Morgan fingerprint density at radius 2 is 1.91 bits per heavy atom. The summed E-state index contributed by atoms with van der Waals surface area (Å²) in [6.45, 7) is 4.99. The third kappa shape index (κ3) is 3.80. The first-order valence-corrected chi connectivity index (χ1v) is 7.67. The van der Waals surface area contributed by atoms with E-state index < -0.39 is 0 Å². The summed E-state index contributed by atoms with van der Waals surface area (Å²) in [5.41, 5.74) is 1.74. The molecule has 0 spiro atoms. The largest absolute Gasteiger partial charge is 0.458 e. The van der Waals surface area contributed by atoms with Crippen LogP contribution in [-0.2, 0) is 0 Å². The van der Waals surface area contributed by atoms with E-state index in [1.165, 1.54) is 0 Å². The average Bonchev–Trinajstić information content (AvgIpc) is 2.54. The molecule has 1 aliphatic heterocycles. The van der Waals surface area contributed by atoms with Crippen LogP contribution in [0.2, 0.25) is 0 Å². The third-order valence-electron chi connectivity index (χ3n) is 3.66. The maximum atomic E-state index is 12.4. The molecule has 7 nitrogen and oxygen atoms in total. The first kappa shape index (κ1) is 15.3. The van der Waals surface area contributed by atoms with E-state index in [1.54, 1.807) is 23.4 Å². The SMILES string of the molecule is Cc1cc(C)nc(OC2CCCN(C(=O)c3ncccn3)C2)n1. The van der Waals surface area contributed by atoms with Crippen LogP contribution < -0.4 is 4.74 Å². The van der Waals surface area contributed by atoms with Gasteiger partial charge in [0.25, 0.3) is 5.91 Å². The van der Waals surface area contributed by atoms with E-state index in [4.69, 9.17) is 4.74 Å². The van der Waals surface area contributed by atoms with Crippen LogP contribution in [0.3, 0.4) is 0 Å². The molecule has 7 heteroatoms. The van der Waals surface area contributed by atoms with Crippen molar-refractivity contribution in [1.82, 2.24) is 24.8 Å². The number of aromatic nitrogens is 4. The van der Waals surface area contributed by atoms with Crippen LogP contribution in [-0.4, -0.2) is 49.9 Å². The van der Waals surface area contributed by atoms with Gasteiger partial charge in [-0.2, -0.15) is 0 Å². The summed E-state index contributed by atoms with van der Waals surface area (Å²) >= 11 is 0. The Kier molecular flexibility index (Phi) is 4.45. The van der Waals surface area contributed by atoms with E-state index >= 15 is 0 Å². The van der Waals surface area contributed by atoms with Crippen molar-refractivity contribution in [2.45, 2.75) is 32.8 Å². The lowest BCUT2D eigenvalue weighted by molar-refractivity contribution is 0.0504. The molecule has 3 heterocycles. The highest BCUT2D eigenvalue weighted by molar-refractivity contribution is 5.90. The number of nitrogens with zero attached hydrogens (tertiary/aromatic N) is 5. The summed E-state index contributed by atoms with van der Waals surface area (Å²) in [6.07, 6.45) is 4.77.